The van der Waals surface area contributed by atoms with Crippen molar-refractivity contribution in [2.45, 2.75) is 6.92 Å². The molecule has 0 aliphatic heterocycles. The fraction of sp³-hybridized carbons (Fsp3) is 0.400. The summed E-state index contributed by atoms with van der Waals surface area (Å²) >= 11 is 0. The number of aryl methyl sites for hydroxylation is 1. The maximum atomic E-state index is 10.8. The van der Waals surface area contributed by atoms with E-state index in [0.29, 0.717) is 18.0 Å². The molecule has 0 saturated heterocycles. The highest BCUT2D eigenvalue weighted by molar-refractivity contribution is 5.88. The SMILES string of the molecule is CCN(CC(=O)O)c1ncnc2c1cnn2C. The summed E-state index contributed by atoms with van der Waals surface area (Å²) < 4.78 is 1.63. The molecule has 0 aliphatic carbocycles. The summed E-state index contributed by atoms with van der Waals surface area (Å²) in [4.78, 5) is 20.7. The minimum absolute atomic E-state index is 0.0858. The largest absolute Gasteiger partial charge is 0.480 e. The van der Waals surface area contributed by atoms with Gasteiger partial charge in [-0.3, -0.25) is 9.48 Å². The van der Waals surface area contributed by atoms with Gasteiger partial charge in [-0.1, -0.05) is 0 Å². The van der Waals surface area contributed by atoms with E-state index in [1.807, 2.05) is 6.92 Å². The summed E-state index contributed by atoms with van der Waals surface area (Å²) in [5, 5.41) is 13.7. The molecule has 2 rings (SSSR count). The van der Waals surface area contributed by atoms with Crippen LogP contribution in [0.3, 0.4) is 0 Å². The van der Waals surface area contributed by atoms with Gasteiger partial charge in [0.05, 0.1) is 11.6 Å². The third-order valence-corrected chi connectivity index (χ3v) is 2.52. The van der Waals surface area contributed by atoms with Gasteiger partial charge in [-0.25, -0.2) is 9.97 Å². The molecule has 0 saturated carbocycles. The highest BCUT2D eigenvalue weighted by Gasteiger charge is 2.15. The fourth-order valence-electron chi connectivity index (χ4n) is 1.70. The fourth-order valence-corrected chi connectivity index (χ4v) is 1.70. The summed E-state index contributed by atoms with van der Waals surface area (Å²) in [6, 6.07) is 0. The van der Waals surface area contributed by atoms with E-state index >= 15 is 0 Å². The van der Waals surface area contributed by atoms with E-state index in [9.17, 15) is 4.79 Å². The lowest BCUT2D eigenvalue weighted by molar-refractivity contribution is -0.135. The number of rotatable bonds is 4. The van der Waals surface area contributed by atoms with Crippen molar-refractivity contribution in [1.29, 1.82) is 0 Å². The quantitative estimate of drug-likeness (QED) is 0.819. The Morgan fingerprint density at radius 3 is 2.94 bits per heavy atom. The predicted octanol–water partition coefficient (Wildman–Crippen LogP) is 0.274. The number of anilines is 1. The molecule has 0 radical (unpaired) electrons. The number of nitrogens with zero attached hydrogens (tertiary/aromatic N) is 5. The average Bonchev–Trinajstić information content (AvgIpc) is 2.68. The van der Waals surface area contributed by atoms with Crippen molar-refractivity contribution in [3.05, 3.63) is 12.5 Å². The molecule has 0 atom stereocenters. The molecule has 2 aromatic heterocycles. The maximum absolute atomic E-state index is 10.8. The molecular formula is C10H13N5O2. The predicted molar refractivity (Wildman–Crippen MR) is 61.8 cm³/mol. The molecule has 7 nitrogen and oxygen atoms in total. The lowest BCUT2D eigenvalue weighted by atomic mass is 10.3. The van der Waals surface area contributed by atoms with Crippen LogP contribution >= 0.6 is 0 Å². The van der Waals surface area contributed by atoms with Crippen LogP contribution in [0.15, 0.2) is 12.5 Å². The van der Waals surface area contributed by atoms with Gasteiger partial charge in [0.25, 0.3) is 0 Å². The second kappa shape index (κ2) is 4.36. The molecule has 0 bridgehead atoms. The maximum Gasteiger partial charge on any atom is 0.323 e. The minimum Gasteiger partial charge on any atom is -0.480 e. The van der Waals surface area contributed by atoms with Crippen molar-refractivity contribution in [3.8, 4) is 0 Å². The van der Waals surface area contributed by atoms with Crippen LogP contribution in [0, 0.1) is 0 Å². The summed E-state index contributed by atoms with van der Waals surface area (Å²) in [6.07, 6.45) is 3.07. The summed E-state index contributed by atoms with van der Waals surface area (Å²) in [6.45, 7) is 2.36. The van der Waals surface area contributed by atoms with Crippen LogP contribution in [0.25, 0.3) is 11.0 Å². The first-order chi connectivity index (χ1) is 8.13. The van der Waals surface area contributed by atoms with E-state index in [-0.39, 0.29) is 6.54 Å². The van der Waals surface area contributed by atoms with Crippen molar-refractivity contribution in [2.24, 2.45) is 7.05 Å². The molecule has 0 fully saturated rings. The monoisotopic (exact) mass is 235 g/mol. The van der Waals surface area contributed by atoms with Gasteiger partial charge >= 0.3 is 5.97 Å². The van der Waals surface area contributed by atoms with Crippen LogP contribution in [0.2, 0.25) is 0 Å². The Morgan fingerprint density at radius 2 is 2.29 bits per heavy atom. The number of carboxylic acids is 1. The number of carboxylic acid groups (broad SMARTS) is 1. The molecule has 2 aromatic rings. The van der Waals surface area contributed by atoms with Crippen molar-refractivity contribution in [1.82, 2.24) is 19.7 Å². The Morgan fingerprint density at radius 1 is 1.53 bits per heavy atom. The van der Waals surface area contributed by atoms with E-state index < -0.39 is 5.97 Å². The van der Waals surface area contributed by atoms with E-state index in [2.05, 4.69) is 15.1 Å². The lowest BCUT2D eigenvalue weighted by Crippen LogP contribution is -2.30. The number of hydrogen-bond donors (Lipinski definition) is 1. The van der Waals surface area contributed by atoms with Gasteiger partial charge < -0.3 is 10.0 Å². The first kappa shape index (κ1) is 11.3. The molecular weight excluding hydrogens is 222 g/mol. The Balaban J connectivity index is 2.49. The van der Waals surface area contributed by atoms with Crippen molar-refractivity contribution >= 4 is 22.8 Å². The van der Waals surface area contributed by atoms with E-state index in [0.717, 1.165) is 5.39 Å². The van der Waals surface area contributed by atoms with Crippen LogP contribution in [-0.4, -0.2) is 43.9 Å². The Kier molecular flexibility index (Phi) is 2.90. The van der Waals surface area contributed by atoms with Gasteiger partial charge in [0.2, 0.25) is 0 Å². The lowest BCUT2D eigenvalue weighted by Gasteiger charge is -2.19. The summed E-state index contributed by atoms with van der Waals surface area (Å²) in [5.74, 6) is -0.282. The summed E-state index contributed by atoms with van der Waals surface area (Å²) in [5.41, 5.74) is 0.693. The number of likely N-dealkylation sites (N-methyl/N-ethyl adjacent to an activating group) is 1. The van der Waals surface area contributed by atoms with E-state index in [1.165, 1.54) is 6.33 Å². The Bertz CT molecular complexity index is 551. The van der Waals surface area contributed by atoms with Gasteiger partial charge in [-0.05, 0) is 6.92 Å². The number of aliphatic carboxylic acids is 1. The minimum atomic E-state index is -0.887. The van der Waals surface area contributed by atoms with E-state index in [4.69, 9.17) is 5.11 Å². The molecule has 90 valence electrons. The number of aromatic nitrogens is 4. The normalized spacial score (nSPS) is 10.7. The second-order valence-electron chi connectivity index (χ2n) is 3.61. The van der Waals surface area contributed by atoms with Gasteiger partial charge in [0, 0.05) is 13.6 Å². The molecule has 0 unspecified atom stereocenters. The van der Waals surface area contributed by atoms with Gasteiger partial charge in [0.15, 0.2) is 5.65 Å². The number of hydrogen-bond acceptors (Lipinski definition) is 5. The molecule has 2 heterocycles. The topological polar surface area (TPSA) is 84.1 Å². The standard InChI is InChI=1S/C10H13N5O2/c1-3-15(5-8(16)17)10-7-4-13-14(2)9(7)11-6-12-10/h4,6H,3,5H2,1-2H3,(H,16,17). The first-order valence-electron chi connectivity index (χ1n) is 5.23. The molecule has 0 aromatic carbocycles. The molecule has 0 spiro atoms. The highest BCUT2D eigenvalue weighted by Crippen LogP contribution is 2.21. The zero-order valence-corrected chi connectivity index (χ0v) is 9.66. The average molecular weight is 235 g/mol. The van der Waals surface area contributed by atoms with Crippen LogP contribution in [0.1, 0.15) is 6.92 Å². The highest BCUT2D eigenvalue weighted by atomic mass is 16.4. The molecule has 7 heteroatoms. The van der Waals surface area contributed by atoms with Crippen molar-refractivity contribution in [3.63, 3.8) is 0 Å². The molecule has 17 heavy (non-hydrogen) atoms. The van der Waals surface area contributed by atoms with Crippen LogP contribution < -0.4 is 4.90 Å². The van der Waals surface area contributed by atoms with Crippen LogP contribution in [-0.2, 0) is 11.8 Å². The Hall–Kier alpha value is -2.18. The zero-order valence-electron chi connectivity index (χ0n) is 9.66. The third kappa shape index (κ3) is 2.03. The number of carbonyl (C=O) groups is 1. The molecule has 0 aliphatic rings. The van der Waals surface area contributed by atoms with Crippen molar-refractivity contribution < 1.29 is 9.90 Å². The van der Waals surface area contributed by atoms with Gasteiger partial charge in [-0.2, -0.15) is 5.10 Å². The second-order valence-corrected chi connectivity index (χ2v) is 3.61. The molecule has 0 amide bonds. The Labute approximate surface area is 97.7 Å². The zero-order chi connectivity index (χ0) is 12.4. The third-order valence-electron chi connectivity index (χ3n) is 2.52. The van der Waals surface area contributed by atoms with Gasteiger partial charge in [-0.15, -0.1) is 0 Å². The summed E-state index contributed by atoms with van der Waals surface area (Å²) in [7, 11) is 1.78. The first-order valence-corrected chi connectivity index (χ1v) is 5.23. The van der Waals surface area contributed by atoms with Crippen LogP contribution in [0.4, 0.5) is 5.82 Å². The molecule has 1 N–H and O–H groups in total. The van der Waals surface area contributed by atoms with E-state index in [1.54, 1.807) is 22.8 Å². The smallest absolute Gasteiger partial charge is 0.323 e. The van der Waals surface area contributed by atoms with Gasteiger partial charge in [0.1, 0.15) is 18.7 Å². The number of fused-ring (bicyclic) bond motifs is 1. The van der Waals surface area contributed by atoms with Crippen LogP contribution in [0.5, 0.6) is 0 Å². The van der Waals surface area contributed by atoms with Crippen molar-refractivity contribution in [2.75, 3.05) is 18.0 Å².